The van der Waals surface area contributed by atoms with Crippen LogP contribution in [0.25, 0.3) is 0 Å². The average Bonchev–Trinajstić information content (AvgIpc) is 2.65. The summed E-state index contributed by atoms with van der Waals surface area (Å²) in [5.41, 5.74) is 1.54. The summed E-state index contributed by atoms with van der Waals surface area (Å²) >= 11 is 0. The van der Waals surface area contributed by atoms with Crippen LogP contribution in [-0.4, -0.2) is 69.4 Å². The number of nitrogens with zero attached hydrogens (tertiary/aromatic N) is 1. The van der Waals surface area contributed by atoms with Gasteiger partial charge in [-0.15, -0.1) is 0 Å². The molecule has 0 spiro atoms. The Morgan fingerprint density at radius 3 is 2.72 bits per heavy atom. The van der Waals surface area contributed by atoms with Gasteiger partial charge in [0.25, 0.3) is 0 Å². The number of benzene rings is 1. The number of likely N-dealkylation sites (N-methyl/N-ethyl adjacent to an activating group) is 1. The summed E-state index contributed by atoms with van der Waals surface area (Å²) in [5, 5.41) is 2.82. The minimum absolute atomic E-state index is 0.116. The maximum atomic E-state index is 13.2. The number of amides is 2. The molecule has 0 aliphatic carbocycles. The number of carbonyl (C=O) groups excluding carboxylic acids is 2. The Morgan fingerprint density at radius 1 is 1.24 bits per heavy atom. The number of anilines is 1. The first-order valence-corrected chi connectivity index (χ1v) is 8.35. The molecule has 1 fully saturated rings. The summed E-state index contributed by atoms with van der Waals surface area (Å²) in [6, 6.07) is 7.14. The van der Waals surface area contributed by atoms with E-state index in [4.69, 9.17) is 14.2 Å². The Balaban J connectivity index is 1.84. The van der Waals surface area contributed by atoms with E-state index in [1.165, 1.54) is 0 Å². The minimum Gasteiger partial charge on any atom is -0.376 e. The van der Waals surface area contributed by atoms with Gasteiger partial charge in [-0.1, -0.05) is 18.2 Å². The third-order valence-electron chi connectivity index (χ3n) is 5.03. The Kier molecular flexibility index (Phi) is 5.36. The second kappa shape index (κ2) is 7.51. The number of para-hydroxylation sites is 1. The molecule has 0 aromatic heterocycles. The average molecular weight is 348 g/mol. The second-order valence-electron chi connectivity index (χ2n) is 6.42. The molecule has 1 aromatic carbocycles. The van der Waals surface area contributed by atoms with Crippen molar-refractivity contribution in [3.8, 4) is 0 Å². The third kappa shape index (κ3) is 3.40. The molecular weight excluding hydrogens is 324 g/mol. The molecule has 3 rings (SSSR count). The lowest BCUT2D eigenvalue weighted by Crippen LogP contribution is -2.58. The van der Waals surface area contributed by atoms with E-state index in [9.17, 15) is 9.59 Å². The van der Waals surface area contributed by atoms with E-state index in [2.05, 4.69) is 5.32 Å². The number of ether oxygens (including phenoxy) is 3. The Bertz CT molecular complexity index is 650. The number of hydrogen-bond donors (Lipinski definition) is 1. The maximum absolute atomic E-state index is 13.2. The molecule has 25 heavy (non-hydrogen) atoms. The smallest absolute Gasteiger partial charge is 0.230 e. The van der Waals surface area contributed by atoms with Gasteiger partial charge in [-0.2, -0.15) is 0 Å². The number of rotatable bonds is 4. The maximum Gasteiger partial charge on any atom is 0.230 e. The molecule has 7 heteroatoms. The molecule has 1 N–H and O–H groups in total. The van der Waals surface area contributed by atoms with Gasteiger partial charge in [-0.3, -0.25) is 9.59 Å². The lowest BCUT2D eigenvalue weighted by atomic mass is 9.88. The van der Waals surface area contributed by atoms with Crippen molar-refractivity contribution in [2.24, 2.45) is 0 Å². The molecule has 1 aromatic rings. The zero-order chi connectivity index (χ0) is 18.0. The van der Waals surface area contributed by atoms with Crippen LogP contribution in [0.2, 0.25) is 0 Å². The highest BCUT2D eigenvalue weighted by Crippen LogP contribution is 2.34. The standard InChI is InChI=1S/C18H24N2O5/c1-20(14-9-25-10-15(23-2)17(14)24-3)18(22)12-8-16(21)19-13-7-5-4-6-11(12)13/h4-7,12,14-15,17H,8-10H2,1-3H3,(H,19,21)/t12-,14+,15+,17-/m0/s1. The van der Waals surface area contributed by atoms with Crippen LogP contribution in [0.1, 0.15) is 17.9 Å². The number of fused-ring (bicyclic) bond motifs is 1. The van der Waals surface area contributed by atoms with E-state index in [1.54, 1.807) is 26.2 Å². The van der Waals surface area contributed by atoms with Crippen molar-refractivity contribution in [2.75, 3.05) is 39.8 Å². The van der Waals surface area contributed by atoms with Gasteiger partial charge in [0.05, 0.1) is 25.2 Å². The SMILES string of the molecule is CO[C@H]1[C@H](N(C)C(=O)[C@H]2CC(=O)Nc3ccccc32)COC[C@H]1OC. The highest BCUT2D eigenvalue weighted by molar-refractivity contribution is 6.01. The number of methoxy groups -OCH3 is 2. The number of nitrogens with one attached hydrogen (secondary N) is 1. The number of carbonyl (C=O) groups is 2. The summed E-state index contributed by atoms with van der Waals surface area (Å²) < 4.78 is 16.6. The molecule has 2 aliphatic rings. The summed E-state index contributed by atoms with van der Waals surface area (Å²) in [4.78, 5) is 26.8. The van der Waals surface area contributed by atoms with Gasteiger partial charge in [0, 0.05) is 33.4 Å². The Hall–Kier alpha value is -1.96. The molecular formula is C18H24N2O5. The normalized spacial score (nSPS) is 28.8. The first-order chi connectivity index (χ1) is 12.1. The molecule has 0 radical (unpaired) electrons. The summed E-state index contributed by atoms with van der Waals surface area (Å²) in [6.07, 6.45) is -0.375. The molecule has 2 heterocycles. The van der Waals surface area contributed by atoms with Crippen LogP contribution in [0.3, 0.4) is 0 Å². The van der Waals surface area contributed by atoms with Crippen molar-refractivity contribution < 1.29 is 23.8 Å². The van der Waals surface area contributed by atoms with Gasteiger partial charge >= 0.3 is 0 Å². The Morgan fingerprint density at radius 2 is 2.00 bits per heavy atom. The molecule has 0 bridgehead atoms. The largest absolute Gasteiger partial charge is 0.376 e. The quantitative estimate of drug-likeness (QED) is 0.878. The van der Waals surface area contributed by atoms with Gasteiger partial charge < -0.3 is 24.4 Å². The van der Waals surface area contributed by atoms with Gasteiger partial charge in [0.15, 0.2) is 0 Å². The first-order valence-electron chi connectivity index (χ1n) is 8.35. The predicted octanol–water partition coefficient (Wildman–Crippen LogP) is 1.000. The second-order valence-corrected chi connectivity index (χ2v) is 6.42. The van der Waals surface area contributed by atoms with Crippen LogP contribution in [0.4, 0.5) is 5.69 Å². The van der Waals surface area contributed by atoms with Gasteiger partial charge in [-0.25, -0.2) is 0 Å². The molecule has 136 valence electrons. The first kappa shape index (κ1) is 17.8. The summed E-state index contributed by atoms with van der Waals surface area (Å²) in [6.45, 7) is 0.809. The van der Waals surface area contributed by atoms with Crippen molar-refractivity contribution in [3.63, 3.8) is 0 Å². The summed E-state index contributed by atoms with van der Waals surface area (Å²) in [5.74, 6) is -0.770. The third-order valence-corrected chi connectivity index (χ3v) is 5.03. The van der Waals surface area contributed by atoms with Crippen LogP contribution >= 0.6 is 0 Å². The molecule has 0 unspecified atom stereocenters. The molecule has 0 saturated carbocycles. The van der Waals surface area contributed by atoms with Crippen molar-refractivity contribution in [3.05, 3.63) is 29.8 Å². The van der Waals surface area contributed by atoms with Crippen molar-refractivity contribution in [1.82, 2.24) is 4.90 Å². The van der Waals surface area contributed by atoms with E-state index in [0.717, 1.165) is 5.56 Å². The molecule has 2 amide bonds. The zero-order valence-electron chi connectivity index (χ0n) is 14.7. The van der Waals surface area contributed by atoms with E-state index >= 15 is 0 Å². The van der Waals surface area contributed by atoms with E-state index in [-0.39, 0.29) is 36.5 Å². The van der Waals surface area contributed by atoms with Crippen molar-refractivity contribution in [2.45, 2.75) is 30.6 Å². The number of hydrogen-bond acceptors (Lipinski definition) is 5. The van der Waals surface area contributed by atoms with E-state index < -0.39 is 5.92 Å². The van der Waals surface area contributed by atoms with E-state index in [1.807, 2.05) is 24.3 Å². The lowest BCUT2D eigenvalue weighted by molar-refractivity contribution is -0.165. The fraction of sp³-hybridized carbons (Fsp3) is 0.556. The van der Waals surface area contributed by atoms with Crippen LogP contribution in [0, 0.1) is 0 Å². The van der Waals surface area contributed by atoms with Crippen molar-refractivity contribution >= 4 is 17.5 Å². The fourth-order valence-corrected chi connectivity index (χ4v) is 3.63. The highest BCUT2D eigenvalue weighted by atomic mass is 16.6. The van der Waals surface area contributed by atoms with Gasteiger partial charge in [0.1, 0.15) is 12.2 Å². The highest BCUT2D eigenvalue weighted by Gasteiger charge is 2.41. The molecule has 7 nitrogen and oxygen atoms in total. The van der Waals surface area contributed by atoms with E-state index in [0.29, 0.717) is 18.9 Å². The van der Waals surface area contributed by atoms with Crippen LogP contribution < -0.4 is 5.32 Å². The zero-order valence-corrected chi connectivity index (χ0v) is 14.7. The molecule has 1 saturated heterocycles. The molecule has 4 atom stereocenters. The van der Waals surface area contributed by atoms with Gasteiger partial charge in [-0.05, 0) is 11.6 Å². The summed E-state index contributed by atoms with van der Waals surface area (Å²) in [7, 11) is 4.94. The van der Waals surface area contributed by atoms with Crippen LogP contribution in [-0.2, 0) is 23.8 Å². The topological polar surface area (TPSA) is 77.1 Å². The van der Waals surface area contributed by atoms with Crippen LogP contribution in [0.15, 0.2) is 24.3 Å². The molecule has 2 aliphatic heterocycles. The Labute approximate surface area is 147 Å². The van der Waals surface area contributed by atoms with Crippen molar-refractivity contribution in [1.29, 1.82) is 0 Å². The fourth-order valence-electron chi connectivity index (χ4n) is 3.63. The minimum atomic E-state index is -0.504. The van der Waals surface area contributed by atoms with Gasteiger partial charge in [0.2, 0.25) is 11.8 Å². The lowest BCUT2D eigenvalue weighted by Gasteiger charge is -2.42. The monoisotopic (exact) mass is 348 g/mol. The van der Waals surface area contributed by atoms with Crippen LogP contribution in [0.5, 0.6) is 0 Å². The predicted molar refractivity (Wildman–Crippen MR) is 91.4 cm³/mol.